The van der Waals surface area contributed by atoms with E-state index in [4.69, 9.17) is 11.6 Å². The van der Waals surface area contributed by atoms with E-state index in [-0.39, 0.29) is 5.91 Å². The standard InChI is InChI=1S/C11H15ClN2O/c1-14(2)11(15)8-13-10-5-3-9(7-12)4-6-10/h3-6,13H,7-8H2,1-2H3. The van der Waals surface area contributed by atoms with Crippen molar-refractivity contribution in [2.45, 2.75) is 5.88 Å². The summed E-state index contributed by atoms with van der Waals surface area (Å²) in [7, 11) is 3.47. The summed E-state index contributed by atoms with van der Waals surface area (Å²) >= 11 is 5.67. The predicted molar refractivity (Wildman–Crippen MR) is 63.2 cm³/mol. The Morgan fingerprint density at radius 1 is 1.33 bits per heavy atom. The van der Waals surface area contributed by atoms with Crippen molar-refractivity contribution in [2.24, 2.45) is 0 Å². The Hall–Kier alpha value is -1.22. The monoisotopic (exact) mass is 226 g/mol. The van der Waals surface area contributed by atoms with Gasteiger partial charge >= 0.3 is 0 Å². The Morgan fingerprint density at radius 2 is 1.93 bits per heavy atom. The first-order valence-electron chi connectivity index (χ1n) is 4.72. The summed E-state index contributed by atoms with van der Waals surface area (Å²) in [4.78, 5) is 12.8. The molecule has 3 nitrogen and oxygen atoms in total. The van der Waals surface area contributed by atoms with E-state index in [1.165, 1.54) is 0 Å². The van der Waals surface area contributed by atoms with Crippen molar-refractivity contribution < 1.29 is 4.79 Å². The van der Waals surface area contributed by atoms with E-state index in [2.05, 4.69) is 5.32 Å². The molecule has 1 N–H and O–H groups in total. The molecule has 1 aromatic rings. The Bertz CT molecular complexity index is 322. The Morgan fingerprint density at radius 3 is 2.40 bits per heavy atom. The summed E-state index contributed by atoms with van der Waals surface area (Å²) in [6.45, 7) is 0.313. The second-order valence-electron chi connectivity index (χ2n) is 3.47. The van der Waals surface area contributed by atoms with Gasteiger partial charge in [0.2, 0.25) is 5.91 Å². The molecule has 0 heterocycles. The van der Waals surface area contributed by atoms with Crippen LogP contribution in [-0.2, 0) is 10.7 Å². The number of anilines is 1. The molecular formula is C11H15ClN2O. The van der Waals surface area contributed by atoms with Gasteiger partial charge in [-0.05, 0) is 17.7 Å². The molecule has 0 bridgehead atoms. The number of halogens is 1. The first-order chi connectivity index (χ1) is 7.13. The molecule has 0 radical (unpaired) electrons. The van der Waals surface area contributed by atoms with Gasteiger partial charge in [-0.1, -0.05) is 12.1 Å². The molecule has 0 atom stereocenters. The smallest absolute Gasteiger partial charge is 0.241 e. The van der Waals surface area contributed by atoms with Crippen molar-refractivity contribution in [3.8, 4) is 0 Å². The number of amides is 1. The molecule has 15 heavy (non-hydrogen) atoms. The lowest BCUT2D eigenvalue weighted by Crippen LogP contribution is -2.28. The molecule has 0 spiro atoms. The predicted octanol–water partition coefficient (Wildman–Crippen LogP) is 1.93. The Labute approximate surface area is 95.0 Å². The molecule has 0 aliphatic carbocycles. The van der Waals surface area contributed by atoms with Crippen LogP contribution >= 0.6 is 11.6 Å². The second kappa shape index (κ2) is 5.61. The lowest BCUT2D eigenvalue weighted by Gasteiger charge is -2.11. The summed E-state index contributed by atoms with van der Waals surface area (Å²) in [6.07, 6.45) is 0. The van der Waals surface area contributed by atoms with Crippen LogP contribution in [-0.4, -0.2) is 31.4 Å². The van der Waals surface area contributed by atoms with Crippen molar-refractivity contribution in [3.05, 3.63) is 29.8 Å². The van der Waals surface area contributed by atoms with Crippen molar-refractivity contribution in [3.63, 3.8) is 0 Å². The fraction of sp³-hybridized carbons (Fsp3) is 0.364. The van der Waals surface area contributed by atoms with E-state index < -0.39 is 0 Å². The highest BCUT2D eigenvalue weighted by molar-refractivity contribution is 6.17. The van der Waals surface area contributed by atoms with Gasteiger partial charge < -0.3 is 10.2 Å². The number of carbonyl (C=O) groups is 1. The number of rotatable bonds is 4. The molecule has 1 aromatic carbocycles. The second-order valence-corrected chi connectivity index (χ2v) is 3.74. The highest BCUT2D eigenvalue weighted by Crippen LogP contribution is 2.10. The number of hydrogen-bond acceptors (Lipinski definition) is 2. The summed E-state index contributed by atoms with van der Waals surface area (Å²) in [5.41, 5.74) is 2.00. The number of hydrogen-bond donors (Lipinski definition) is 1. The van der Waals surface area contributed by atoms with Gasteiger partial charge in [-0.2, -0.15) is 0 Å². The van der Waals surface area contributed by atoms with Crippen molar-refractivity contribution in [2.75, 3.05) is 26.0 Å². The van der Waals surface area contributed by atoms with E-state index in [9.17, 15) is 4.79 Å². The van der Waals surface area contributed by atoms with E-state index in [0.29, 0.717) is 12.4 Å². The lowest BCUT2D eigenvalue weighted by atomic mass is 10.2. The van der Waals surface area contributed by atoms with Crippen molar-refractivity contribution >= 4 is 23.2 Å². The summed E-state index contributed by atoms with van der Waals surface area (Å²) in [6, 6.07) is 7.71. The van der Waals surface area contributed by atoms with Gasteiger partial charge in [-0.25, -0.2) is 0 Å². The molecule has 4 heteroatoms. The third-order valence-corrected chi connectivity index (χ3v) is 2.36. The third-order valence-electron chi connectivity index (χ3n) is 2.05. The first-order valence-corrected chi connectivity index (χ1v) is 5.26. The summed E-state index contributed by atoms with van der Waals surface area (Å²) in [5.74, 6) is 0.563. The number of benzene rings is 1. The van der Waals surface area contributed by atoms with Crippen LogP contribution in [0.15, 0.2) is 24.3 Å². The molecule has 0 aromatic heterocycles. The van der Waals surface area contributed by atoms with E-state index in [1.54, 1.807) is 19.0 Å². The zero-order valence-corrected chi connectivity index (χ0v) is 9.71. The molecule has 1 rings (SSSR count). The zero-order chi connectivity index (χ0) is 11.3. The average molecular weight is 227 g/mol. The number of nitrogens with one attached hydrogen (secondary N) is 1. The molecule has 0 aliphatic heterocycles. The lowest BCUT2D eigenvalue weighted by molar-refractivity contribution is -0.126. The molecule has 0 fully saturated rings. The largest absolute Gasteiger partial charge is 0.376 e. The maximum atomic E-state index is 11.3. The quantitative estimate of drug-likeness (QED) is 0.796. The number of alkyl halides is 1. The maximum Gasteiger partial charge on any atom is 0.241 e. The Kier molecular flexibility index (Phi) is 4.43. The fourth-order valence-electron chi connectivity index (χ4n) is 1.05. The van der Waals surface area contributed by atoms with Crippen LogP contribution in [0, 0.1) is 0 Å². The third kappa shape index (κ3) is 3.80. The minimum Gasteiger partial charge on any atom is -0.376 e. The summed E-state index contributed by atoms with van der Waals surface area (Å²) in [5, 5.41) is 3.04. The first kappa shape index (κ1) is 11.9. The van der Waals surface area contributed by atoms with Crippen molar-refractivity contribution in [1.29, 1.82) is 0 Å². The number of carbonyl (C=O) groups excluding carboxylic acids is 1. The van der Waals surface area contributed by atoms with Gasteiger partial charge in [0.15, 0.2) is 0 Å². The van der Waals surface area contributed by atoms with Crippen LogP contribution in [0.3, 0.4) is 0 Å². The van der Waals surface area contributed by atoms with Crippen LogP contribution < -0.4 is 5.32 Å². The van der Waals surface area contributed by atoms with E-state index in [1.807, 2.05) is 24.3 Å². The van der Waals surface area contributed by atoms with Crippen LogP contribution in [0.25, 0.3) is 0 Å². The van der Waals surface area contributed by atoms with Crippen molar-refractivity contribution in [1.82, 2.24) is 4.90 Å². The van der Waals surface area contributed by atoms with Gasteiger partial charge in [0.05, 0.1) is 6.54 Å². The molecular weight excluding hydrogens is 212 g/mol. The fourth-order valence-corrected chi connectivity index (χ4v) is 1.23. The van der Waals surface area contributed by atoms with Gasteiger partial charge in [-0.15, -0.1) is 11.6 Å². The number of likely N-dealkylation sites (N-methyl/N-ethyl adjacent to an activating group) is 1. The molecule has 0 saturated heterocycles. The van der Waals surface area contributed by atoms with E-state index >= 15 is 0 Å². The van der Waals surface area contributed by atoms with Crippen LogP contribution in [0.4, 0.5) is 5.69 Å². The summed E-state index contributed by atoms with van der Waals surface area (Å²) < 4.78 is 0. The normalized spacial score (nSPS) is 9.80. The molecule has 0 unspecified atom stereocenters. The average Bonchev–Trinajstić information content (AvgIpc) is 2.26. The molecule has 0 saturated carbocycles. The molecule has 82 valence electrons. The SMILES string of the molecule is CN(C)C(=O)CNc1ccc(CCl)cc1. The molecule has 0 aliphatic rings. The zero-order valence-electron chi connectivity index (χ0n) is 8.96. The van der Waals surface area contributed by atoms with Crippen LogP contribution in [0.5, 0.6) is 0 Å². The van der Waals surface area contributed by atoms with Gasteiger partial charge in [0, 0.05) is 25.7 Å². The molecule has 1 amide bonds. The Balaban J connectivity index is 2.47. The van der Waals surface area contributed by atoms with E-state index in [0.717, 1.165) is 11.3 Å². The van der Waals surface area contributed by atoms with Crippen LogP contribution in [0.2, 0.25) is 0 Å². The minimum atomic E-state index is 0.0522. The van der Waals surface area contributed by atoms with Gasteiger partial charge in [0.1, 0.15) is 0 Å². The van der Waals surface area contributed by atoms with Gasteiger partial charge in [-0.3, -0.25) is 4.79 Å². The maximum absolute atomic E-state index is 11.3. The van der Waals surface area contributed by atoms with Gasteiger partial charge in [0.25, 0.3) is 0 Å². The van der Waals surface area contributed by atoms with Crippen LogP contribution in [0.1, 0.15) is 5.56 Å². The minimum absolute atomic E-state index is 0.0522. The topological polar surface area (TPSA) is 32.3 Å². The number of nitrogens with zero attached hydrogens (tertiary/aromatic N) is 1. The highest BCUT2D eigenvalue weighted by atomic mass is 35.5. The highest BCUT2D eigenvalue weighted by Gasteiger charge is 2.02.